The van der Waals surface area contributed by atoms with Crippen LogP contribution in [0.5, 0.6) is 0 Å². The number of benzene rings is 2. The summed E-state index contributed by atoms with van der Waals surface area (Å²) in [6, 6.07) is 20.0. The average Bonchev–Trinajstić information content (AvgIpc) is 2.75. The van der Waals surface area contributed by atoms with Gasteiger partial charge < -0.3 is 5.11 Å². The first kappa shape index (κ1) is 19.8. The molecule has 1 aromatic heterocycles. The van der Waals surface area contributed by atoms with E-state index in [-0.39, 0.29) is 4.90 Å². The quantitative estimate of drug-likeness (QED) is 0.679. The van der Waals surface area contributed by atoms with Gasteiger partial charge in [-0.3, -0.25) is 4.98 Å². The summed E-state index contributed by atoms with van der Waals surface area (Å²) in [5, 5.41) is 11.1. The van der Waals surface area contributed by atoms with E-state index in [1.807, 2.05) is 42.5 Å². The molecule has 2 unspecified atom stereocenters. The van der Waals surface area contributed by atoms with Crippen LogP contribution in [0.2, 0.25) is 0 Å². The van der Waals surface area contributed by atoms with Crippen LogP contribution in [-0.2, 0) is 22.9 Å². The topological polar surface area (TPSA) is 70.5 Å². The minimum atomic E-state index is -3.68. The standard InChI is InChI=1S/C23H24N2O3S/c26-23-20-10-4-5-11-22(20)29(27,28)25(16-6-9-18-7-2-1-3-8-18)21(23)17-19-12-14-24-15-13-19/h1-5,7-8,10-15,21,23,26H,6,9,16-17H2. The van der Waals surface area contributed by atoms with E-state index in [0.717, 1.165) is 12.0 Å². The Kier molecular flexibility index (Phi) is 5.76. The molecule has 4 rings (SSSR count). The average molecular weight is 409 g/mol. The second kappa shape index (κ2) is 8.45. The first-order chi connectivity index (χ1) is 14.1. The molecule has 2 atom stereocenters. The van der Waals surface area contributed by atoms with Crippen LogP contribution in [0.3, 0.4) is 0 Å². The Balaban J connectivity index is 1.64. The molecule has 2 heterocycles. The van der Waals surface area contributed by atoms with Crippen molar-refractivity contribution in [2.24, 2.45) is 0 Å². The molecular weight excluding hydrogens is 384 g/mol. The van der Waals surface area contributed by atoms with E-state index in [0.29, 0.717) is 24.9 Å². The second-order valence-corrected chi connectivity index (χ2v) is 9.17. The van der Waals surface area contributed by atoms with Gasteiger partial charge in [0.25, 0.3) is 0 Å². The normalized spacial score (nSPS) is 20.9. The fourth-order valence-electron chi connectivity index (χ4n) is 3.97. The van der Waals surface area contributed by atoms with Crippen LogP contribution in [0.15, 0.2) is 84.0 Å². The molecule has 3 aromatic rings. The molecule has 0 saturated carbocycles. The predicted molar refractivity (Wildman–Crippen MR) is 112 cm³/mol. The van der Waals surface area contributed by atoms with Gasteiger partial charge in [-0.2, -0.15) is 4.31 Å². The minimum Gasteiger partial charge on any atom is -0.387 e. The van der Waals surface area contributed by atoms with Crippen LogP contribution in [0.25, 0.3) is 0 Å². The van der Waals surface area contributed by atoms with Crippen molar-refractivity contribution in [2.45, 2.75) is 36.3 Å². The number of aliphatic hydroxyl groups excluding tert-OH is 1. The third kappa shape index (κ3) is 4.10. The zero-order valence-corrected chi connectivity index (χ0v) is 16.9. The minimum absolute atomic E-state index is 0.207. The monoisotopic (exact) mass is 408 g/mol. The van der Waals surface area contributed by atoms with Gasteiger partial charge in [0, 0.05) is 24.5 Å². The van der Waals surface area contributed by atoms with Crippen LogP contribution < -0.4 is 0 Å². The number of aryl methyl sites for hydroxylation is 1. The summed E-state index contributed by atoms with van der Waals surface area (Å²) in [5.41, 5.74) is 2.60. The summed E-state index contributed by atoms with van der Waals surface area (Å²) in [5.74, 6) is 0. The Morgan fingerprint density at radius 3 is 2.34 bits per heavy atom. The summed E-state index contributed by atoms with van der Waals surface area (Å²) in [4.78, 5) is 4.24. The molecule has 1 aliphatic heterocycles. The van der Waals surface area contributed by atoms with Gasteiger partial charge in [0.15, 0.2) is 0 Å². The molecule has 1 aliphatic rings. The summed E-state index contributed by atoms with van der Waals surface area (Å²) in [6.07, 6.45) is 4.40. The van der Waals surface area contributed by atoms with Crippen molar-refractivity contribution in [3.63, 3.8) is 0 Å². The summed E-state index contributed by atoms with van der Waals surface area (Å²) < 4.78 is 28.3. The number of aliphatic hydroxyl groups is 1. The molecule has 0 fully saturated rings. The highest BCUT2D eigenvalue weighted by molar-refractivity contribution is 7.89. The number of hydrogen-bond acceptors (Lipinski definition) is 4. The van der Waals surface area contributed by atoms with Gasteiger partial charge in [-0.15, -0.1) is 0 Å². The first-order valence-electron chi connectivity index (χ1n) is 9.79. The Hall–Kier alpha value is -2.54. The number of sulfonamides is 1. The van der Waals surface area contributed by atoms with Crippen molar-refractivity contribution in [3.05, 3.63) is 95.8 Å². The number of fused-ring (bicyclic) bond motifs is 1. The Morgan fingerprint density at radius 1 is 0.897 bits per heavy atom. The lowest BCUT2D eigenvalue weighted by Gasteiger charge is -2.39. The van der Waals surface area contributed by atoms with Crippen molar-refractivity contribution >= 4 is 10.0 Å². The summed E-state index contributed by atoms with van der Waals surface area (Å²) >= 11 is 0. The first-order valence-corrected chi connectivity index (χ1v) is 11.2. The molecule has 29 heavy (non-hydrogen) atoms. The lowest BCUT2D eigenvalue weighted by Crippen LogP contribution is -2.49. The van der Waals surface area contributed by atoms with Crippen molar-refractivity contribution in [3.8, 4) is 0 Å². The number of pyridine rings is 1. The van der Waals surface area contributed by atoms with Gasteiger partial charge in [-0.05, 0) is 48.6 Å². The molecule has 0 saturated heterocycles. The number of aromatic nitrogens is 1. The van der Waals surface area contributed by atoms with E-state index in [9.17, 15) is 13.5 Å². The largest absolute Gasteiger partial charge is 0.387 e. The number of hydrogen-bond donors (Lipinski definition) is 1. The van der Waals surface area contributed by atoms with Gasteiger partial charge >= 0.3 is 0 Å². The lowest BCUT2D eigenvalue weighted by molar-refractivity contribution is 0.0792. The maximum atomic E-state index is 13.4. The highest BCUT2D eigenvalue weighted by Crippen LogP contribution is 2.38. The van der Waals surface area contributed by atoms with Crippen LogP contribution in [-0.4, -0.2) is 35.4 Å². The lowest BCUT2D eigenvalue weighted by atomic mass is 9.95. The van der Waals surface area contributed by atoms with E-state index >= 15 is 0 Å². The maximum absolute atomic E-state index is 13.4. The fraction of sp³-hybridized carbons (Fsp3) is 0.261. The zero-order valence-electron chi connectivity index (χ0n) is 16.1. The Morgan fingerprint density at radius 2 is 1.59 bits per heavy atom. The molecule has 5 nitrogen and oxygen atoms in total. The number of rotatable bonds is 6. The summed E-state index contributed by atoms with van der Waals surface area (Å²) in [6.45, 7) is 0.359. The predicted octanol–water partition coefficient (Wildman–Crippen LogP) is 3.36. The molecule has 2 aromatic carbocycles. The van der Waals surface area contributed by atoms with E-state index in [1.54, 1.807) is 36.7 Å². The molecule has 6 heteroatoms. The molecule has 0 spiro atoms. The second-order valence-electron chi connectivity index (χ2n) is 7.31. The van der Waals surface area contributed by atoms with E-state index in [4.69, 9.17) is 0 Å². The number of nitrogens with zero attached hydrogens (tertiary/aromatic N) is 2. The van der Waals surface area contributed by atoms with Gasteiger partial charge in [-0.25, -0.2) is 8.42 Å². The third-order valence-electron chi connectivity index (χ3n) is 5.44. The van der Waals surface area contributed by atoms with Crippen LogP contribution in [0, 0.1) is 0 Å². The van der Waals surface area contributed by atoms with Gasteiger partial charge in [0.05, 0.1) is 17.0 Å². The van der Waals surface area contributed by atoms with Crippen LogP contribution in [0.1, 0.15) is 29.2 Å². The van der Waals surface area contributed by atoms with Crippen LogP contribution in [0.4, 0.5) is 0 Å². The molecule has 0 amide bonds. The summed E-state index contributed by atoms with van der Waals surface area (Å²) in [7, 11) is -3.68. The van der Waals surface area contributed by atoms with Crippen molar-refractivity contribution in [2.75, 3.05) is 6.54 Å². The SMILES string of the molecule is O=S1(=O)c2ccccc2C(O)C(Cc2ccncc2)N1CCCc1ccccc1. The van der Waals surface area contributed by atoms with Crippen molar-refractivity contribution in [1.82, 2.24) is 9.29 Å². The highest BCUT2D eigenvalue weighted by Gasteiger charge is 2.43. The van der Waals surface area contributed by atoms with Gasteiger partial charge in [0.1, 0.15) is 0 Å². The van der Waals surface area contributed by atoms with Crippen LogP contribution >= 0.6 is 0 Å². The maximum Gasteiger partial charge on any atom is 0.243 e. The van der Waals surface area contributed by atoms with E-state index in [2.05, 4.69) is 4.98 Å². The zero-order chi connectivity index (χ0) is 20.3. The van der Waals surface area contributed by atoms with E-state index in [1.165, 1.54) is 9.87 Å². The van der Waals surface area contributed by atoms with E-state index < -0.39 is 22.2 Å². The highest BCUT2D eigenvalue weighted by atomic mass is 32.2. The van der Waals surface area contributed by atoms with Gasteiger partial charge in [-0.1, -0.05) is 48.5 Å². The van der Waals surface area contributed by atoms with Crippen molar-refractivity contribution in [1.29, 1.82) is 0 Å². The fourth-order valence-corrected chi connectivity index (χ4v) is 5.88. The smallest absolute Gasteiger partial charge is 0.243 e. The molecule has 0 bridgehead atoms. The molecule has 0 aliphatic carbocycles. The Labute approximate surface area is 171 Å². The molecular formula is C23H24N2O3S. The van der Waals surface area contributed by atoms with Gasteiger partial charge in [0.2, 0.25) is 10.0 Å². The molecule has 0 radical (unpaired) electrons. The van der Waals surface area contributed by atoms with Crippen molar-refractivity contribution < 1.29 is 13.5 Å². The Bertz CT molecular complexity index is 1060. The third-order valence-corrected chi connectivity index (χ3v) is 7.44. The molecule has 150 valence electrons. The molecule has 1 N–H and O–H groups in total.